The number of anilines is 1. The van der Waals surface area contributed by atoms with Gasteiger partial charge in [0.25, 0.3) is 0 Å². The van der Waals surface area contributed by atoms with Crippen molar-refractivity contribution < 1.29 is 9.47 Å². The van der Waals surface area contributed by atoms with Gasteiger partial charge in [0, 0.05) is 26.6 Å². The van der Waals surface area contributed by atoms with Crippen LogP contribution in [0.25, 0.3) is 5.70 Å². The molecular weight excluding hydrogens is 432 g/mol. The molecule has 8 heteroatoms. The summed E-state index contributed by atoms with van der Waals surface area (Å²) in [5, 5.41) is 10.7. The topological polar surface area (TPSA) is 61.2 Å². The molecule has 2 aliphatic heterocycles. The van der Waals surface area contributed by atoms with Gasteiger partial charge in [0.15, 0.2) is 6.10 Å². The molecule has 6 rings (SSSR count). The molecule has 0 saturated carbocycles. The molecule has 0 radical (unpaired) electrons. The number of hydrogen-bond donors (Lipinski definition) is 1. The first-order valence-electron chi connectivity index (χ1n) is 9.78. The lowest BCUT2D eigenvalue weighted by Gasteiger charge is -2.38. The lowest BCUT2D eigenvalue weighted by atomic mass is 9.86. The number of fused-ring (bicyclic) bond motifs is 3. The number of rotatable bonds is 3. The van der Waals surface area contributed by atoms with Crippen LogP contribution in [0.5, 0.6) is 11.5 Å². The maximum Gasteiger partial charge on any atom is 0.226 e. The highest BCUT2D eigenvalue weighted by molar-refractivity contribution is 7.10. The van der Waals surface area contributed by atoms with Crippen molar-refractivity contribution in [3.05, 3.63) is 92.9 Å². The number of methoxy groups -OCH3 is 1. The van der Waals surface area contributed by atoms with E-state index in [0.29, 0.717) is 11.0 Å². The molecule has 0 fully saturated rings. The third kappa shape index (κ3) is 2.85. The molecule has 31 heavy (non-hydrogen) atoms. The molecule has 2 aromatic carbocycles. The van der Waals surface area contributed by atoms with E-state index in [1.165, 1.54) is 0 Å². The molecule has 1 N–H and O–H groups in total. The molecule has 4 heterocycles. The fraction of sp³-hybridized carbons (Fsp3) is 0.130. The van der Waals surface area contributed by atoms with Crippen molar-refractivity contribution in [1.29, 1.82) is 0 Å². The first kappa shape index (κ1) is 18.5. The summed E-state index contributed by atoms with van der Waals surface area (Å²) in [5.74, 6) is 2.21. The molecular formula is C23H17ClN4O2S. The highest BCUT2D eigenvalue weighted by Gasteiger charge is 2.42. The zero-order valence-corrected chi connectivity index (χ0v) is 18.0. The Labute approximate surface area is 187 Å². The Morgan fingerprint density at radius 1 is 1.16 bits per heavy atom. The number of nitrogens with one attached hydrogen (secondary N) is 1. The maximum atomic E-state index is 6.61. The van der Waals surface area contributed by atoms with E-state index in [0.717, 1.165) is 38.8 Å². The highest BCUT2D eigenvalue weighted by Crippen LogP contribution is 2.52. The van der Waals surface area contributed by atoms with Gasteiger partial charge in [-0.1, -0.05) is 35.9 Å². The van der Waals surface area contributed by atoms with Gasteiger partial charge in [0.2, 0.25) is 5.95 Å². The van der Waals surface area contributed by atoms with Crippen LogP contribution in [-0.2, 0) is 0 Å². The molecule has 0 bridgehead atoms. The summed E-state index contributed by atoms with van der Waals surface area (Å²) in [4.78, 5) is 5.60. The predicted octanol–water partition coefficient (Wildman–Crippen LogP) is 5.56. The number of ether oxygens (including phenoxy) is 2. The lowest BCUT2D eigenvalue weighted by Crippen LogP contribution is -2.32. The van der Waals surface area contributed by atoms with E-state index in [1.807, 2.05) is 53.2 Å². The smallest absolute Gasteiger partial charge is 0.226 e. The Balaban J connectivity index is 1.65. The third-order valence-electron chi connectivity index (χ3n) is 5.61. The summed E-state index contributed by atoms with van der Waals surface area (Å²) < 4.78 is 14.2. The largest absolute Gasteiger partial charge is 0.496 e. The summed E-state index contributed by atoms with van der Waals surface area (Å²) in [6.45, 7) is 0. The van der Waals surface area contributed by atoms with E-state index in [4.69, 9.17) is 21.1 Å². The number of halogens is 1. The van der Waals surface area contributed by atoms with Crippen LogP contribution in [0.15, 0.2) is 71.9 Å². The normalized spacial score (nSPS) is 19.0. The molecule has 2 aromatic heterocycles. The van der Waals surface area contributed by atoms with Gasteiger partial charge in [0.1, 0.15) is 23.9 Å². The Hall–Kier alpha value is -3.29. The van der Waals surface area contributed by atoms with Gasteiger partial charge < -0.3 is 14.8 Å². The van der Waals surface area contributed by atoms with E-state index in [9.17, 15) is 0 Å². The number of thiophene rings is 1. The van der Waals surface area contributed by atoms with Crippen LogP contribution in [0.1, 0.15) is 28.1 Å². The van der Waals surface area contributed by atoms with Gasteiger partial charge in [-0.15, -0.1) is 11.3 Å². The Morgan fingerprint density at radius 2 is 2.06 bits per heavy atom. The average molecular weight is 449 g/mol. The number of aromatic nitrogens is 3. The van der Waals surface area contributed by atoms with Crippen molar-refractivity contribution in [2.24, 2.45) is 0 Å². The number of nitrogens with zero attached hydrogens (tertiary/aromatic N) is 3. The van der Waals surface area contributed by atoms with Crippen LogP contribution in [0, 0.1) is 0 Å². The number of hydrogen-bond acceptors (Lipinski definition) is 6. The predicted molar refractivity (Wildman–Crippen MR) is 121 cm³/mol. The van der Waals surface area contributed by atoms with E-state index in [-0.39, 0.29) is 12.1 Å². The Kier molecular flexibility index (Phi) is 4.26. The number of para-hydroxylation sites is 1. The van der Waals surface area contributed by atoms with Gasteiger partial charge in [-0.2, -0.15) is 10.1 Å². The van der Waals surface area contributed by atoms with Gasteiger partial charge in [-0.05, 0) is 35.7 Å². The van der Waals surface area contributed by atoms with Crippen LogP contribution in [0.3, 0.4) is 0 Å². The second-order valence-corrected chi connectivity index (χ2v) is 8.70. The van der Waals surface area contributed by atoms with Crippen LogP contribution in [-0.4, -0.2) is 21.9 Å². The van der Waals surface area contributed by atoms with Crippen molar-refractivity contribution >= 4 is 34.6 Å². The second kappa shape index (κ2) is 7.14. The standard InChI is InChI=1S/C23H17ClN4O2S/c1-29-16-6-3-2-5-14(16)22-19-20(15-11-13(24)8-9-17(15)30-22)27-23-25-12-26-28(23)21(19)18-7-4-10-31-18/h2-12,21-22H,1H3,(H,25,26,27)/t21-,22-/m0/s1. The summed E-state index contributed by atoms with van der Waals surface area (Å²) in [6, 6.07) is 17.6. The second-order valence-electron chi connectivity index (χ2n) is 7.28. The van der Waals surface area contributed by atoms with E-state index >= 15 is 0 Å². The Morgan fingerprint density at radius 3 is 2.90 bits per heavy atom. The molecule has 0 aliphatic carbocycles. The van der Waals surface area contributed by atoms with Crippen molar-refractivity contribution in [2.75, 3.05) is 12.4 Å². The van der Waals surface area contributed by atoms with Gasteiger partial charge in [-0.3, -0.25) is 0 Å². The summed E-state index contributed by atoms with van der Waals surface area (Å²) in [7, 11) is 1.68. The minimum atomic E-state index is -0.378. The molecule has 0 amide bonds. The quantitative estimate of drug-likeness (QED) is 0.444. The van der Waals surface area contributed by atoms with Crippen LogP contribution in [0.4, 0.5) is 5.95 Å². The zero-order valence-electron chi connectivity index (χ0n) is 16.4. The minimum Gasteiger partial charge on any atom is -0.496 e. The van der Waals surface area contributed by atoms with Gasteiger partial charge in [-0.25, -0.2) is 4.68 Å². The van der Waals surface area contributed by atoms with Crippen molar-refractivity contribution in [1.82, 2.24) is 14.8 Å². The summed E-state index contributed by atoms with van der Waals surface area (Å²) in [6.07, 6.45) is 1.19. The van der Waals surface area contributed by atoms with E-state index in [1.54, 1.807) is 24.8 Å². The molecule has 0 spiro atoms. The monoisotopic (exact) mass is 448 g/mol. The van der Waals surface area contributed by atoms with Crippen molar-refractivity contribution in [3.63, 3.8) is 0 Å². The molecule has 2 aliphatic rings. The summed E-state index contributed by atoms with van der Waals surface area (Å²) in [5.41, 5.74) is 3.84. The van der Waals surface area contributed by atoms with E-state index in [2.05, 4.69) is 26.8 Å². The molecule has 0 unspecified atom stereocenters. The maximum absolute atomic E-state index is 6.61. The van der Waals surface area contributed by atoms with Crippen LogP contribution < -0.4 is 14.8 Å². The molecule has 0 saturated heterocycles. The first-order chi connectivity index (χ1) is 15.2. The number of benzene rings is 2. The van der Waals surface area contributed by atoms with E-state index < -0.39 is 0 Å². The van der Waals surface area contributed by atoms with Crippen LogP contribution in [0.2, 0.25) is 5.02 Å². The fourth-order valence-corrected chi connectivity index (χ4v) is 5.30. The molecule has 154 valence electrons. The fourth-order valence-electron chi connectivity index (χ4n) is 4.30. The third-order valence-corrected chi connectivity index (χ3v) is 6.77. The molecule has 6 nitrogen and oxygen atoms in total. The first-order valence-corrected chi connectivity index (χ1v) is 11.0. The summed E-state index contributed by atoms with van der Waals surface area (Å²) >= 11 is 8.05. The molecule has 4 aromatic rings. The SMILES string of the molecule is COc1ccccc1[C@@H]1Oc2ccc(Cl)cc2C2=C1[C@H](c1cccs1)n1ncnc1N2. The Bertz CT molecular complexity index is 1310. The van der Waals surface area contributed by atoms with Crippen LogP contribution >= 0.6 is 22.9 Å². The molecule has 2 atom stereocenters. The minimum absolute atomic E-state index is 0.171. The van der Waals surface area contributed by atoms with Gasteiger partial charge >= 0.3 is 0 Å². The zero-order chi connectivity index (χ0) is 20.9. The van der Waals surface area contributed by atoms with Crippen molar-refractivity contribution in [2.45, 2.75) is 12.1 Å². The highest BCUT2D eigenvalue weighted by atomic mass is 35.5. The van der Waals surface area contributed by atoms with Crippen molar-refractivity contribution in [3.8, 4) is 11.5 Å². The average Bonchev–Trinajstić information content (AvgIpc) is 3.49. The lowest BCUT2D eigenvalue weighted by molar-refractivity contribution is 0.218. The van der Waals surface area contributed by atoms with Gasteiger partial charge in [0.05, 0.1) is 12.8 Å².